The lowest BCUT2D eigenvalue weighted by Gasteiger charge is -2.28. The number of carbonyl (C=O) groups is 2. The van der Waals surface area contributed by atoms with Gasteiger partial charge in [0.05, 0.1) is 17.6 Å². The molecule has 1 fully saturated rings. The first-order valence-electron chi connectivity index (χ1n) is 15.0. The van der Waals surface area contributed by atoms with Crippen LogP contribution in [-0.2, 0) is 10.0 Å². The molecule has 0 aromatic carbocycles. The van der Waals surface area contributed by atoms with Crippen LogP contribution in [0.3, 0.4) is 0 Å². The Morgan fingerprint density at radius 1 is 1.15 bits per heavy atom. The molecule has 0 unspecified atom stereocenters. The zero-order chi connectivity index (χ0) is 35.5. The summed E-state index contributed by atoms with van der Waals surface area (Å²) in [5, 5.41) is 15.9. The third kappa shape index (κ3) is 8.86. The summed E-state index contributed by atoms with van der Waals surface area (Å²) in [6.45, 7) is 6.67. The van der Waals surface area contributed by atoms with E-state index in [1.807, 2.05) is 18.6 Å². The van der Waals surface area contributed by atoms with Crippen molar-refractivity contribution in [3.8, 4) is 11.7 Å². The van der Waals surface area contributed by atoms with Gasteiger partial charge in [-0.2, -0.15) is 21.6 Å². The number of likely N-dealkylation sites (tertiary alicyclic amines) is 1. The number of sulfonamides is 1. The minimum atomic E-state index is -4.41. The molecule has 4 heterocycles. The van der Waals surface area contributed by atoms with Crippen molar-refractivity contribution in [1.29, 1.82) is 0 Å². The lowest BCUT2D eigenvalue weighted by atomic mass is 9.89. The third-order valence-electron chi connectivity index (χ3n) is 8.13. The van der Waals surface area contributed by atoms with E-state index < -0.39 is 44.2 Å². The van der Waals surface area contributed by atoms with Crippen LogP contribution in [0.2, 0.25) is 5.15 Å². The summed E-state index contributed by atoms with van der Waals surface area (Å²) in [6, 6.07) is 8.31. The quantitative estimate of drug-likeness (QED) is 0.146. The van der Waals surface area contributed by atoms with E-state index in [0.29, 0.717) is 19.5 Å². The summed E-state index contributed by atoms with van der Waals surface area (Å²) < 4.78 is 73.7. The fraction of sp³-hybridized carbons (Fsp3) is 0.500. The lowest BCUT2D eigenvalue weighted by molar-refractivity contribution is -0.215. The smallest absolute Gasteiger partial charge is 0.407 e. The monoisotopic (exact) mass is 715 g/mol. The van der Waals surface area contributed by atoms with Crippen LogP contribution in [0.1, 0.15) is 63.7 Å². The molecule has 1 atom stereocenters. The number of halogens is 4. The van der Waals surface area contributed by atoms with Crippen molar-refractivity contribution in [3.05, 3.63) is 53.3 Å². The van der Waals surface area contributed by atoms with Gasteiger partial charge in [0.1, 0.15) is 11.0 Å². The Morgan fingerprint density at radius 2 is 1.88 bits per heavy atom. The first-order valence-corrected chi connectivity index (χ1v) is 16.9. The van der Waals surface area contributed by atoms with Crippen LogP contribution >= 0.6 is 11.6 Å². The highest BCUT2D eigenvalue weighted by Gasteiger charge is 2.47. The first kappa shape index (κ1) is 36.7. The number of hydrogen-bond acceptors (Lipinski definition) is 9. The topological polar surface area (TPSA) is 169 Å². The zero-order valence-corrected chi connectivity index (χ0v) is 28.3. The van der Waals surface area contributed by atoms with Gasteiger partial charge in [-0.3, -0.25) is 4.79 Å². The molecule has 0 spiro atoms. The van der Waals surface area contributed by atoms with E-state index in [2.05, 4.69) is 20.4 Å². The van der Waals surface area contributed by atoms with Crippen molar-refractivity contribution in [3.63, 3.8) is 0 Å². The van der Waals surface area contributed by atoms with Gasteiger partial charge in [-0.15, -0.1) is 5.10 Å². The number of nitrogens with zero attached hydrogens (tertiary/aromatic N) is 5. The molecule has 0 saturated carbocycles. The number of ether oxygens (including phenoxy) is 1. The van der Waals surface area contributed by atoms with Crippen molar-refractivity contribution in [2.24, 2.45) is 11.3 Å². The molecule has 3 aromatic rings. The van der Waals surface area contributed by atoms with E-state index in [9.17, 15) is 36.3 Å². The van der Waals surface area contributed by atoms with Crippen molar-refractivity contribution in [2.75, 3.05) is 25.0 Å². The first-order chi connectivity index (χ1) is 22.3. The summed E-state index contributed by atoms with van der Waals surface area (Å²) in [5.74, 6) is -0.369. The Labute approximate surface area is 280 Å². The van der Waals surface area contributed by atoms with Gasteiger partial charge in [0.2, 0.25) is 5.88 Å². The average Bonchev–Trinajstić information content (AvgIpc) is 3.58. The highest BCUT2D eigenvalue weighted by Crippen LogP contribution is 2.40. The van der Waals surface area contributed by atoms with Crippen LogP contribution in [0, 0.1) is 11.3 Å². The number of alkyl halides is 3. The normalized spacial score (nSPS) is 16.5. The Bertz CT molecular complexity index is 1750. The molecule has 48 heavy (non-hydrogen) atoms. The Kier molecular flexibility index (Phi) is 10.8. The van der Waals surface area contributed by atoms with Gasteiger partial charge in [0.15, 0.2) is 10.8 Å². The summed E-state index contributed by atoms with van der Waals surface area (Å²) in [4.78, 5) is 34.0. The van der Waals surface area contributed by atoms with Crippen LogP contribution in [0.5, 0.6) is 5.88 Å². The number of carbonyl (C=O) groups excluding carboxylic acids is 1. The number of amides is 2. The molecule has 3 aromatic heterocycles. The molecule has 0 aliphatic carbocycles. The molecule has 18 heteroatoms. The van der Waals surface area contributed by atoms with Crippen LogP contribution in [-0.4, -0.2) is 81.6 Å². The van der Waals surface area contributed by atoms with E-state index in [4.69, 9.17) is 16.3 Å². The van der Waals surface area contributed by atoms with Gasteiger partial charge in [-0.1, -0.05) is 31.5 Å². The van der Waals surface area contributed by atoms with Gasteiger partial charge in [0.25, 0.3) is 15.9 Å². The van der Waals surface area contributed by atoms with Crippen molar-refractivity contribution in [1.82, 2.24) is 29.4 Å². The second kappa shape index (κ2) is 14.2. The molecule has 4 rings (SSSR count). The molecule has 3 N–H and O–H groups in total. The predicted octanol–water partition coefficient (Wildman–Crippen LogP) is 5.76. The fourth-order valence-corrected chi connectivity index (χ4v) is 6.37. The van der Waals surface area contributed by atoms with Gasteiger partial charge < -0.3 is 20.1 Å². The minimum Gasteiger partial charge on any atom is -0.477 e. The van der Waals surface area contributed by atoms with Crippen LogP contribution in [0.4, 0.5) is 23.8 Å². The summed E-state index contributed by atoms with van der Waals surface area (Å²) in [5.41, 5.74) is -2.61. The molecule has 262 valence electrons. The maximum atomic E-state index is 13.1. The molecule has 0 bridgehead atoms. The van der Waals surface area contributed by atoms with E-state index in [1.54, 1.807) is 6.07 Å². The predicted molar refractivity (Wildman–Crippen MR) is 170 cm³/mol. The molecular weight excluding hydrogens is 679 g/mol. The number of aromatic nitrogens is 4. The Morgan fingerprint density at radius 3 is 2.52 bits per heavy atom. The number of anilines is 1. The largest absolute Gasteiger partial charge is 0.477 e. The van der Waals surface area contributed by atoms with E-state index in [-0.39, 0.29) is 47.2 Å². The highest BCUT2D eigenvalue weighted by atomic mass is 35.5. The Hall–Kier alpha value is -4.12. The van der Waals surface area contributed by atoms with Crippen molar-refractivity contribution >= 4 is 39.4 Å². The number of carboxylic acid groups (broad SMARTS) is 1. The molecule has 2 amide bonds. The standard InChI is InChI=1S/C30H37ClF3N7O6S/c1-28(2,30(32,33)34)13-16-47-23-12-15-41(38-23)22-11-10-20(25(31)37-22)26(42)39-48(45,46)24-9-5-8-21(36-24)35-14-6-7-19-17-29(3,4)40(18-19)27(43)44/h5,8-12,15,19H,6-7,13-14,16-18H2,1-4H3,(H,35,36)(H,39,42)(H,43,44)/t19-/m0/s1. The van der Waals surface area contributed by atoms with Crippen LogP contribution in [0.15, 0.2) is 47.6 Å². The van der Waals surface area contributed by atoms with Crippen LogP contribution in [0.25, 0.3) is 5.82 Å². The third-order valence-corrected chi connectivity index (χ3v) is 9.65. The van der Waals surface area contributed by atoms with E-state index in [1.165, 1.54) is 46.1 Å². The number of rotatable bonds is 13. The van der Waals surface area contributed by atoms with E-state index in [0.717, 1.165) is 26.7 Å². The summed E-state index contributed by atoms with van der Waals surface area (Å²) in [6.07, 6.45) is -1.93. The zero-order valence-electron chi connectivity index (χ0n) is 26.7. The number of nitrogens with one attached hydrogen (secondary N) is 2. The molecule has 1 aliphatic rings. The van der Waals surface area contributed by atoms with Crippen LogP contribution < -0.4 is 14.8 Å². The van der Waals surface area contributed by atoms with Crippen molar-refractivity contribution < 1.29 is 41.0 Å². The SMILES string of the molecule is CC1(C)C[C@H](CCCNc2cccc(S(=O)(=O)NC(=O)c3ccc(-n4ccc(OCCC(C)(C)C(F)(F)F)n4)nc3Cl)n2)CN1C(=O)O. The van der Waals surface area contributed by atoms with Gasteiger partial charge in [-0.05, 0) is 69.7 Å². The second-order valence-electron chi connectivity index (χ2n) is 12.7. The Balaban J connectivity index is 1.31. The van der Waals surface area contributed by atoms with Crippen molar-refractivity contribution in [2.45, 2.75) is 70.1 Å². The van der Waals surface area contributed by atoms with Gasteiger partial charge in [0, 0.05) is 30.9 Å². The molecule has 0 radical (unpaired) electrons. The number of pyridine rings is 2. The summed E-state index contributed by atoms with van der Waals surface area (Å²) >= 11 is 6.21. The maximum Gasteiger partial charge on any atom is 0.407 e. The average molecular weight is 716 g/mol. The van der Waals surface area contributed by atoms with Gasteiger partial charge >= 0.3 is 12.3 Å². The van der Waals surface area contributed by atoms with E-state index >= 15 is 0 Å². The number of hydrogen-bond donors (Lipinski definition) is 3. The minimum absolute atomic E-state index is 0.0490. The lowest BCUT2D eigenvalue weighted by Crippen LogP contribution is -2.41. The van der Waals surface area contributed by atoms with Gasteiger partial charge in [-0.25, -0.2) is 24.2 Å². The molecule has 1 aliphatic heterocycles. The molecule has 1 saturated heterocycles. The molecule has 13 nitrogen and oxygen atoms in total. The maximum absolute atomic E-state index is 13.1. The highest BCUT2D eigenvalue weighted by molar-refractivity contribution is 7.90. The fourth-order valence-electron chi connectivity index (χ4n) is 5.20. The second-order valence-corrected chi connectivity index (χ2v) is 14.7. The molecular formula is C30H37ClF3N7O6S. The summed E-state index contributed by atoms with van der Waals surface area (Å²) in [7, 11) is -4.41.